The van der Waals surface area contributed by atoms with E-state index >= 15 is 0 Å². The standard InChI is InChI=1S/C18H29NS/c1-18(2,17-8-5-11-20-17)13-19-16-10-9-14-6-3-4-7-15(14)12-16/h5,8,11,14-16,19H,3-4,6-7,9-10,12-13H2,1-2H3. The Kier molecular flexibility index (Phi) is 4.52. The van der Waals surface area contributed by atoms with Gasteiger partial charge in [-0.15, -0.1) is 11.3 Å². The van der Waals surface area contributed by atoms with E-state index in [1.54, 1.807) is 0 Å². The molecule has 1 N–H and O–H groups in total. The smallest absolute Gasteiger partial charge is 0.0115 e. The lowest BCUT2D eigenvalue weighted by atomic mass is 9.69. The molecule has 1 aromatic rings. The molecular weight excluding hydrogens is 262 g/mol. The molecule has 3 rings (SSSR count). The second-order valence-electron chi connectivity index (χ2n) is 7.56. The van der Waals surface area contributed by atoms with Crippen LogP contribution in [0.1, 0.15) is 63.7 Å². The molecule has 2 saturated carbocycles. The predicted molar refractivity (Wildman–Crippen MR) is 88.4 cm³/mol. The average Bonchev–Trinajstić information content (AvgIpc) is 3.00. The normalized spacial score (nSPS) is 31.0. The van der Waals surface area contributed by atoms with Gasteiger partial charge in [-0.1, -0.05) is 45.6 Å². The molecule has 112 valence electrons. The molecule has 0 radical (unpaired) electrons. The summed E-state index contributed by atoms with van der Waals surface area (Å²) in [5, 5.41) is 6.09. The van der Waals surface area contributed by atoms with E-state index in [0.717, 1.165) is 24.4 Å². The lowest BCUT2D eigenvalue weighted by molar-refractivity contribution is 0.141. The molecule has 0 saturated heterocycles. The summed E-state index contributed by atoms with van der Waals surface area (Å²) in [4.78, 5) is 1.51. The van der Waals surface area contributed by atoms with E-state index in [4.69, 9.17) is 0 Å². The molecule has 2 fully saturated rings. The second-order valence-corrected chi connectivity index (χ2v) is 8.50. The summed E-state index contributed by atoms with van der Waals surface area (Å²) in [6.45, 7) is 5.87. The molecule has 1 nitrogen and oxygen atoms in total. The number of nitrogens with one attached hydrogen (secondary N) is 1. The van der Waals surface area contributed by atoms with Crippen molar-refractivity contribution in [1.82, 2.24) is 5.32 Å². The third-order valence-corrected chi connectivity index (χ3v) is 6.80. The van der Waals surface area contributed by atoms with Crippen molar-refractivity contribution in [2.45, 2.75) is 70.3 Å². The van der Waals surface area contributed by atoms with Gasteiger partial charge in [0.2, 0.25) is 0 Å². The molecule has 2 aliphatic carbocycles. The highest BCUT2D eigenvalue weighted by molar-refractivity contribution is 7.10. The van der Waals surface area contributed by atoms with Crippen LogP contribution < -0.4 is 5.32 Å². The zero-order valence-corrected chi connectivity index (χ0v) is 13.8. The topological polar surface area (TPSA) is 12.0 Å². The third-order valence-electron chi connectivity index (χ3n) is 5.56. The maximum absolute atomic E-state index is 3.89. The Hall–Kier alpha value is -0.340. The zero-order chi connectivity index (χ0) is 14.0. The van der Waals surface area contributed by atoms with Gasteiger partial charge in [0, 0.05) is 22.9 Å². The fraction of sp³-hybridized carbons (Fsp3) is 0.778. The molecule has 3 atom stereocenters. The van der Waals surface area contributed by atoms with Crippen molar-refractivity contribution in [2.75, 3.05) is 6.54 Å². The van der Waals surface area contributed by atoms with Crippen LogP contribution in [0.5, 0.6) is 0 Å². The van der Waals surface area contributed by atoms with Crippen LogP contribution in [-0.4, -0.2) is 12.6 Å². The van der Waals surface area contributed by atoms with E-state index in [-0.39, 0.29) is 5.41 Å². The number of rotatable bonds is 4. The minimum Gasteiger partial charge on any atom is -0.313 e. The fourth-order valence-electron chi connectivity index (χ4n) is 4.21. The van der Waals surface area contributed by atoms with Crippen molar-refractivity contribution in [1.29, 1.82) is 0 Å². The summed E-state index contributed by atoms with van der Waals surface area (Å²) in [6, 6.07) is 5.23. The Bertz CT molecular complexity index is 409. The second kappa shape index (κ2) is 6.19. The van der Waals surface area contributed by atoms with Crippen LogP contribution in [-0.2, 0) is 5.41 Å². The molecule has 1 aromatic heterocycles. The molecule has 1 heterocycles. The first-order valence-electron chi connectivity index (χ1n) is 8.42. The van der Waals surface area contributed by atoms with Gasteiger partial charge in [0.25, 0.3) is 0 Å². The zero-order valence-electron chi connectivity index (χ0n) is 13.0. The summed E-state index contributed by atoms with van der Waals surface area (Å²) in [5.41, 5.74) is 0.275. The van der Waals surface area contributed by atoms with E-state index in [1.807, 2.05) is 11.3 Å². The molecule has 2 heteroatoms. The summed E-state index contributed by atoms with van der Waals surface area (Å²) in [7, 11) is 0. The highest BCUT2D eigenvalue weighted by atomic mass is 32.1. The first kappa shape index (κ1) is 14.6. The summed E-state index contributed by atoms with van der Waals surface area (Å²) in [6.07, 6.45) is 10.3. The van der Waals surface area contributed by atoms with Gasteiger partial charge in [-0.05, 0) is 42.5 Å². The van der Waals surface area contributed by atoms with Crippen LogP contribution in [0.2, 0.25) is 0 Å². The quantitative estimate of drug-likeness (QED) is 0.825. The van der Waals surface area contributed by atoms with E-state index in [9.17, 15) is 0 Å². The Morgan fingerprint density at radius 2 is 1.95 bits per heavy atom. The Balaban J connectivity index is 1.51. The van der Waals surface area contributed by atoms with Gasteiger partial charge in [0.1, 0.15) is 0 Å². The van der Waals surface area contributed by atoms with E-state index in [0.29, 0.717) is 0 Å². The summed E-state index contributed by atoms with van der Waals surface area (Å²) >= 11 is 1.89. The van der Waals surface area contributed by atoms with Crippen molar-refractivity contribution in [3.05, 3.63) is 22.4 Å². The lowest BCUT2D eigenvalue weighted by Gasteiger charge is -2.40. The van der Waals surface area contributed by atoms with E-state index < -0.39 is 0 Å². The van der Waals surface area contributed by atoms with Crippen LogP contribution in [0, 0.1) is 11.8 Å². The summed E-state index contributed by atoms with van der Waals surface area (Å²) < 4.78 is 0. The minimum atomic E-state index is 0.275. The Morgan fingerprint density at radius 1 is 1.15 bits per heavy atom. The maximum Gasteiger partial charge on any atom is 0.0115 e. The minimum absolute atomic E-state index is 0.275. The van der Waals surface area contributed by atoms with Crippen LogP contribution in [0.4, 0.5) is 0 Å². The number of hydrogen-bond acceptors (Lipinski definition) is 2. The number of fused-ring (bicyclic) bond motifs is 1. The van der Waals surface area contributed by atoms with Crippen molar-refractivity contribution in [3.63, 3.8) is 0 Å². The molecule has 0 bridgehead atoms. The fourth-order valence-corrected chi connectivity index (χ4v) is 5.06. The molecule has 0 aliphatic heterocycles. The molecule has 0 aromatic carbocycles. The SMILES string of the molecule is CC(C)(CNC1CCC2CCCCC2C1)c1cccs1. The highest BCUT2D eigenvalue weighted by Crippen LogP contribution is 2.40. The van der Waals surface area contributed by atoms with Crippen LogP contribution in [0.15, 0.2) is 17.5 Å². The highest BCUT2D eigenvalue weighted by Gasteiger charge is 2.32. The van der Waals surface area contributed by atoms with Gasteiger partial charge in [-0.2, -0.15) is 0 Å². The molecular formula is C18H29NS. The van der Waals surface area contributed by atoms with Gasteiger partial charge in [-0.3, -0.25) is 0 Å². The number of thiophene rings is 1. The van der Waals surface area contributed by atoms with Crippen LogP contribution in [0.25, 0.3) is 0 Å². The molecule has 0 amide bonds. The monoisotopic (exact) mass is 291 g/mol. The average molecular weight is 292 g/mol. The van der Waals surface area contributed by atoms with Gasteiger partial charge in [0.05, 0.1) is 0 Å². The van der Waals surface area contributed by atoms with Gasteiger partial charge in [-0.25, -0.2) is 0 Å². The van der Waals surface area contributed by atoms with E-state index in [1.165, 1.54) is 49.8 Å². The first-order chi connectivity index (χ1) is 9.65. The van der Waals surface area contributed by atoms with Crippen molar-refractivity contribution in [3.8, 4) is 0 Å². The molecule has 2 aliphatic rings. The van der Waals surface area contributed by atoms with Gasteiger partial charge >= 0.3 is 0 Å². The maximum atomic E-state index is 3.89. The van der Waals surface area contributed by atoms with Crippen LogP contribution >= 0.6 is 11.3 Å². The van der Waals surface area contributed by atoms with Crippen molar-refractivity contribution >= 4 is 11.3 Å². The Labute approximate surface area is 128 Å². The van der Waals surface area contributed by atoms with E-state index in [2.05, 4.69) is 36.7 Å². The number of hydrogen-bond donors (Lipinski definition) is 1. The molecule has 20 heavy (non-hydrogen) atoms. The lowest BCUT2D eigenvalue weighted by Crippen LogP contribution is -2.43. The third kappa shape index (κ3) is 3.28. The first-order valence-corrected chi connectivity index (χ1v) is 9.30. The van der Waals surface area contributed by atoms with Gasteiger partial charge < -0.3 is 5.32 Å². The molecule has 3 unspecified atom stereocenters. The summed E-state index contributed by atoms with van der Waals surface area (Å²) in [5.74, 6) is 2.09. The van der Waals surface area contributed by atoms with Gasteiger partial charge in [0.15, 0.2) is 0 Å². The largest absolute Gasteiger partial charge is 0.313 e. The van der Waals surface area contributed by atoms with Crippen LogP contribution in [0.3, 0.4) is 0 Å². The van der Waals surface area contributed by atoms with Crippen molar-refractivity contribution in [2.24, 2.45) is 11.8 Å². The predicted octanol–water partition coefficient (Wildman–Crippen LogP) is 4.97. The van der Waals surface area contributed by atoms with Crippen molar-refractivity contribution < 1.29 is 0 Å². The Morgan fingerprint density at radius 3 is 2.70 bits per heavy atom. The molecule has 0 spiro atoms.